The first kappa shape index (κ1) is 11.6. The van der Waals surface area contributed by atoms with Crippen molar-refractivity contribution in [3.8, 4) is 0 Å². The van der Waals surface area contributed by atoms with Gasteiger partial charge < -0.3 is 15.0 Å². The Morgan fingerprint density at radius 1 is 1.29 bits per heavy atom. The summed E-state index contributed by atoms with van der Waals surface area (Å²) >= 11 is 0. The monoisotopic (exact) mass is 229 g/mol. The highest BCUT2D eigenvalue weighted by Gasteiger charge is 2.27. The Balaban J connectivity index is 2.36. The summed E-state index contributed by atoms with van der Waals surface area (Å²) in [6.07, 6.45) is 5.88. The van der Waals surface area contributed by atoms with Crippen molar-refractivity contribution in [3.05, 3.63) is 59.7 Å². The van der Waals surface area contributed by atoms with Gasteiger partial charge in [0.05, 0.1) is 5.97 Å². The Labute approximate surface area is 99.7 Å². The molecule has 0 heterocycles. The van der Waals surface area contributed by atoms with Crippen molar-refractivity contribution in [2.24, 2.45) is 5.92 Å². The molecule has 0 unspecified atom stereocenters. The van der Waals surface area contributed by atoms with Crippen LogP contribution in [0.5, 0.6) is 0 Å². The quantitative estimate of drug-likeness (QED) is 0.758. The van der Waals surface area contributed by atoms with Gasteiger partial charge in [0.2, 0.25) is 0 Å². The van der Waals surface area contributed by atoms with Crippen LogP contribution in [0.3, 0.4) is 0 Å². The van der Waals surface area contributed by atoms with E-state index in [4.69, 9.17) is 0 Å². The molecule has 0 radical (unpaired) electrons. The van der Waals surface area contributed by atoms with E-state index in [-0.39, 0.29) is 0 Å². The highest BCUT2D eigenvalue weighted by molar-refractivity contribution is 5.73. The summed E-state index contributed by atoms with van der Waals surface area (Å²) in [6, 6.07) is 7.46. The number of carboxylic acid groups (broad SMARTS) is 1. The van der Waals surface area contributed by atoms with Crippen molar-refractivity contribution in [1.29, 1.82) is 0 Å². The summed E-state index contributed by atoms with van der Waals surface area (Å²) in [5.41, 5.74) is 0.484. The van der Waals surface area contributed by atoms with Gasteiger partial charge in [0.15, 0.2) is 0 Å². The molecular weight excluding hydrogens is 216 g/mol. The summed E-state index contributed by atoms with van der Waals surface area (Å²) in [7, 11) is 0. The maximum absolute atomic E-state index is 10.7. The summed E-state index contributed by atoms with van der Waals surface area (Å²) in [5, 5.41) is 21.1. The Kier molecular flexibility index (Phi) is 2.86. The van der Waals surface area contributed by atoms with E-state index in [9.17, 15) is 15.0 Å². The second-order valence-electron chi connectivity index (χ2n) is 4.20. The number of carboxylic acids is 1. The number of carbonyl (C=O) groups is 1. The molecule has 0 amide bonds. The van der Waals surface area contributed by atoms with E-state index in [0.29, 0.717) is 0 Å². The summed E-state index contributed by atoms with van der Waals surface area (Å²) < 4.78 is 0. The molecule has 1 N–H and O–H groups in total. The van der Waals surface area contributed by atoms with Crippen LogP contribution in [0.25, 0.3) is 0 Å². The van der Waals surface area contributed by atoms with Gasteiger partial charge in [-0.15, -0.1) is 0 Å². The van der Waals surface area contributed by atoms with E-state index in [1.807, 2.05) is 31.2 Å². The van der Waals surface area contributed by atoms with Gasteiger partial charge in [0.25, 0.3) is 0 Å². The molecule has 3 heteroatoms. The zero-order valence-electron chi connectivity index (χ0n) is 9.46. The summed E-state index contributed by atoms with van der Waals surface area (Å²) in [5.74, 6) is -1.93. The molecule has 88 valence electrons. The normalized spacial score (nSPS) is 27.1. The highest BCUT2D eigenvalue weighted by Crippen LogP contribution is 2.31. The number of aryl methyl sites for hydroxylation is 1. The average Bonchev–Trinajstić information content (AvgIpc) is 2.30. The van der Waals surface area contributed by atoms with E-state index >= 15 is 0 Å². The molecule has 0 spiro atoms. The maximum atomic E-state index is 10.7. The third-order valence-electron chi connectivity index (χ3n) is 2.96. The number of aliphatic carboxylic acids is 1. The lowest BCUT2D eigenvalue weighted by molar-refractivity contribution is -0.308. The van der Waals surface area contributed by atoms with Crippen LogP contribution >= 0.6 is 0 Å². The zero-order chi connectivity index (χ0) is 12.5. The Hall–Kier alpha value is -1.87. The van der Waals surface area contributed by atoms with Crippen LogP contribution in [0, 0.1) is 12.8 Å². The molecule has 0 bridgehead atoms. The minimum absolute atomic E-state index is 0.754. The lowest BCUT2D eigenvalue weighted by Crippen LogP contribution is -2.32. The van der Waals surface area contributed by atoms with Gasteiger partial charge in [0.1, 0.15) is 5.60 Å². The topological polar surface area (TPSA) is 60.4 Å². The van der Waals surface area contributed by atoms with Crippen LogP contribution < -0.4 is 5.11 Å². The van der Waals surface area contributed by atoms with Crippen LogP contribution in [-0.2, 0) is 10.4 Å². The molecule has 0 fully saturated rings. The molecule has 0 atom stereocenters. The SMILES string of the molecule is Cc1ccccc1C1(O)C=CC(C(=O)[O-])C=C1. The molecule has 0 aromatic heterocycles. The number of aliphatic hydroxyl groups is 1. The van der Waals surface area contributed by atoms with E-state index in [1.165, 1.54) is 24.3 Å². The van der Waals surface area contributed by atoms with E-state index in [2.05, 4.69) is 0 Å². The van der Waals surface area contributed by atoms with E-state index < -0.39 is 17.5 Å². The molecule has 2 rings (SSSR count). The van der Waals surface area contributed by atoms with Crippen molar-refractivity contribution in [2.45, 2.75) is 12.5 Å². The van der Waals surface area contributed by atoms with Crippen LogP contribution in [-0.4, -0.2) is 11.1 Å². The van der Waals surface area contributed by atoms with Gasteiger partial charge in [-0.05, 0) is 30.2 Å². The second kappa shape index (κ2) is 4.18. The van der Waals surface area contributed by atoms with Gasteiger partial charge >= 0.3 is 0 Å². The van der Waals surface area contributed by atoms with Crippen molar-refractivity contribution < 1.29 is 15.0 Å². The fourth-order valence-corrected chi connectivity index (χ4v) is 1.98. The van der Waals surface area contributed by atoms with Crippen LogP contribution in [0.1, 0.15) is 11.1 Å². The summed E-state index contributed by atoms with van der Waals surface area (Å²) in [6.45, 7) is 1.90. The van der Waals surface area contributed by atoms with Gasteiger partial charge in [0, 0.05) is 5.92 Å². The van der Waals surface area contributed by atoms with E-state index in [1.54, 1.807) is 0 Å². The van der Waals surface area contributed by atoms with Crippen LogP contribution in [0.2, 0.25) is 0 Å². The molecular formula is C14H13O3-. The molecule has 1 aliphatic rings. The highest BCUT2D eigenvalue weighted by atomic mass is 16.4. The zero-order valence-corrected chi connectivity index (χ0v) is 9.46. The Morgan fingerprint density at radius 2 is 1.88 bits per heavy atom. The van der Waals surface area contributed by atoms with E-state index in [0.717, 1.165) is 11.1 Å². The third-order valence-corrected chi connectivity index (χ3v) is 2.96. The predicted molar refractivity (Wildman–Crippen MR) is 61.9 cm³/mol. The summed E-state index contributed by atoms with van der Waals surface area (Å²) in [4.78, 5) is 10.7. The molecule has 17 heavy (non-hydrogen) atoms. The maximum Gasteiger partial charge on any atom is 0.127 e. The van der Waals surface area contributed by atoms with Crippen LogP contribution in [0.15, 0.2) is 48.6 Å². The first-order valence-electron chi connectivity index (χ1n) is 5.41. The lowest BCUT2D eigenvalue weighted by atomic mass is 9.84. The molecule has 1 aliphatic carbocycles. The largest absolute Gasteiger partial charge is 0.549 e. The van der Waals surface area contributed by atoms with Crippen molar-refractivity contribution >= 4 is 5.97 Å². The lowest BCUT2D eigenvalue weighted by Gasteiger charge is -2.27. The molecule has 0 saturated heterocycles. The van der Waals surface area contributed by atoms with Crippen molar-refractivity contribution in [1.82, 2.24) is 0 Å². The van der Waals surface area contributed by atoms with Gasteiger partial charge in [-0.25, -0.2) is 0 Å². The molecule has 0 aliphatic heterocycles. The first-order chi connectivity index (χ1) is 8.03. The molecule has 3 nitrogen and oxygen atoms in total. The second-order valence-corrected chi connectivity index (χ2v) is 4.20. The average molecular weight is 229 g/mol. The fourth-order valence-electron chi connectivity index (χ4n) is 1.98. The minimum Gasteiger partial charge on any atom is -0.549 e. The fraction of sp³-hybridized carbons (Fsp3) is 0.214. The van der Waals surface area contributed by atoms with Crippen molar-refractivity contribution in [2.75, 3.05) is 0 Å². The smallest absolute Gasteiger partial charge is 0.127 e. The van der Waals surface area contributed by atoms with Gasteiger partial charge in [-0.1, -0.05) is 36.4 Å². The molecule has 1 aromatic rings. The number of rotatable bonds is 2. The number of carbonyl (C=O) groups excluding carboxylic acids is 1. The number of benzene rings is 1. The van der Waals surface area contributed by atoms with Crippen molar-refractivity contribution in [3.63, 3.8) is 0 Å². The van der Waals surface area contributed by atoms with Gasteiger partial charge in [-0.3, -0.25) is 0 Å². The Morgan fingerprint density at radius 3 is 2.41 bits per heavy atom. The minimum atomic E-state index is -1.22. The number of hydrogen-bond acceptors (Lipinski definition) is 3. The Bertz CT molecular complexity index is 486. The predicted octanol–water partition coefficient (Wildman–Crippen LogP) is 0.675. The van der Waals surface area contributed by atoms with Gasteiger partial charge in [-0.2, -0.15) is 0 Å². The standard InChI is InChI=1S/C14H14O3/c1-10-4-2-3-5-12(10)14(17)8-6-11(7-9-14)13(15)16/h2-9,11,17H,1H3,(H,15,16)/p-1. The van der Waals surface area contributed by atoms with Crippen LogP contribution in [0.4, 0.5) is 0 Å². The molecule has 1 aromatic carbocycles. The third kappa shape index (κ3) is 2.15. The number of hydrogen-bond donors (Lipinski definition) is 1. The first-order valence-corrected chi connectivity index (χ1v) is 5.41. The molecule has 0 saturated carbocycles.